The molecule has 0 spiro atoms. The number of alkyl halides is 2. The first-order valence-corrected chi connectivity index (χ1v) is 7.84. The number of nitrogens with one attached hydrogen (secondary N) is 2. The summed E-state index contributed by atoms with van der Waals surface area (Å²) < 4.78 is 35.0. The second-order valence-electron chi connectivity index (χ2n) is 6.19. The van der Waals surface area contributed by atoms with Crippen LogP contribution in [0.1, 0.15) is 12.6 Å². The van der Waals surface area contributed by atoms with E-state index in [0.717, 1.165) is 15.8 Å². The van der Waals surface area contributed by atoms with Crippen molar-refractivity contribution in [3.8, 4) is 0 Å². The van der Waals surface area contributed by atoms with Crippen LogP contribution in [0.3, 0.4) is 0 Å². The highest BCUT2D eigenvalue weighted by atomic mass is 19.3. The zero-order valence-electron chi connectivity index (χ0n) is 13.7. The minimum atomic E-state index is -3.18. The van der Waals surface area contributed by atoms with Gasteiger partial charge in [0.25, 0.3) is 5.92 Å². The van der Waals surface area contributed by atoms with E-state index in [4.69, 9.17) is 15.9 Å². The molecule has 2 atom stereocenters. The molecule has 1 aromatic rings. The topological polar surface area (TPSA) is 109 Å². The minimum absolute atomic E-state index is 0.0268. The van der Waals surface area contributed by atoms with Crippen LogP contribution in [-0.2, 0) is 4.74 Å². The van der Waals surface area contributed by atoms with Gasteiger partial charge in [0, 0.05) is 56.8 Å². The standard InChI is InChI=1S/C15H20F2N6O2/c1-20-11-8-22(6-9(11)5-18)7-10-4-15(16,17)13(25-10)23-3-2-12(19)21-14(23)24/h2-3,5,10,13,18,20H,4,6-8H2,1H3,(H2,19,21,24)/t10-,13+/m0/s1. The number of halogens is 2. The van der Waals surface area contributed by atoms with E-state index in [1.54, 1.807) is 7.05 Å². The third kappa shape index (κ3) is 3.40. The molecule has 1 saturated heterocycles. The van der Waals surface area contributed by atoms with Crippen LogP contribution in [0, 0.1) is 5.41 Å². The summed E-state index contributed by atoms with van der Waals surface area (Å²) in [6.45, 7) is 1.32. The molecule has 0 amide bonds. The van der Waals surface area contributed by atoms with Gasteiger partial charge in [0.15, 0.2) is 0 Å². The molecule has 10 heteroatoms. The fraction of sp³-hybridized carbons (Fsp3) is 0.533. The monoisotopic (exact) mass is 354 g/mol. The van der Waals surface area contributed by atoms with Crippen molar-refractivity contribution in [2.75, 3.05) is 32.4 Å². The Labute approximate surface area is 142 Å². The molecule has 1 aromatic heterocycles. The molecule has 0 bridgehead atoms. The summed E-state index contributed by atoms with van der Waals surface area (Å²) in [4.78, 5) is 17.2. The predicted molar refractivity (Wildman–Crippen MR) is 87.7 cm³/mol. The molecule has 25 heavy (non-hydrogen) atoms. The number of nitrogen functional groups attached to an aromatic ring is 1. The van der Waals surface area contributed by atoms with Crippen molar-refractivity contribution < 1.29 is 13.5 Å². The highest BCUT2D eigenvalue weighted by molar-refractivity contribution is 5.78. The van der Waals surface area contributed by atoms with Crippen LogP contribution in [0.25, 0.3) is 0 Å². The van der Waals surface area contributed by atoms with E-state index in [2.05, 4.69) is 10.3 Å². The summed E-state index contributed by atoms with van der Waals surface area (Å²) >= 11 is 0. The Hall–Kier alpha value is -2.33. The van der Waals surface area contributed by atoms with Crippen molar-refractivity contribution in [2.45, 2.75) is 24.7 Å². The summed E-state index contributed by atoms with van der Waals surface area (Å²) in [5, 5.41) is 10.4. The van der Waals surface area contributed by atoms with Crippen molar-refractivity contribution >= 4 is 12.0 Å². The average Bonchev–Trinajstić information content (AvgIpc) is 3.07. The first kappa shape index (κ1) is 17.5. The smallest absolute Gasteiger partial charge is 0.351 e. The van der Waals surface area contributed by atoms with Gasteiger partial charge in [-0.05, 0) is 6.07 Å². The molecule has 0 unspecified atom stereocenters. The normalized spacial score (nSPS) is 26.2. The lowest BCUT2D eigenvalue weighted by Crippen LogP contribution is -2.35. The maximum absolute atomic E-state index is 14.4. The number of hydrogen-bond donors (Lipinski definition) is 3. The van der Waals surface area contributed by atoms with Crippen molar-refractivity contribution in [3.63, 3.8) is 0 Å². The second kappa shape index (κ2) is 6.52. The molecular weight excluding hydrogens is 334 g/mol. The van der Waals surface area contributed by atoms with Gasteiger partial charge in [-0.3, -0.25) is 9.47 Å². The lowest BCUT2D eigenvalue weighted by atomic mass is 10.1. The maximum Gasteiger partial charge on any atom is 0.351 e. The Kier molecular flexibility index (Phi) is 4.56. The molecule has 2 aliphatic rings. The van der Waals surface area contributed by atoms with Crippen molar-refractivity contribution in [2.24, 2.45) is 0 Å². The zero-order chi connectivity index (χ0) is 18.2. The van der Waals surface area contributed by atoms with E-state index < -0.39 is 30.4 Å². The Bertz CT molecular complexity index is 763. The van der Waals surface area contributed by atoms with Gasteiger partial charge < -0.3 is 21.2 Å². The summed E-state index contributed by atoms with van der Waals surface area (Å²) in [6.07, 6.45) is -0.472. The van der Waals surface area contributed by atoms with Crippen LogP contribution in [0.4, 0.5) is 14.6 Å². The van der Waals surface area contributed by atoms with Crippen molar-refractivity contribution in [3.05, 3.63) is 34.0 Å². The number of likely N-dealkylation sites (N-methyl/N-ethyl adjacent to an activating group) is 1. The van der Waals surface area contributed by atoms with Gasteiger partial charge in [-0.15, -0.1) is 0 Å². The molecule has 0 radical (unpaired) electrons. The molecule has 4 N–H and O–H groups in total. The van der Waals surface area contributed by atoms with E-state index >= 15 is 0 Å². The van der Waals surface area contributed by atoms with Crippen molar-refractivity contribution in [1.82, 2.24) is 19.8 Å². The van der Waals surface area contributed by atoms with Crippen LogP contribution in [0.5, 0.6) is 0 Å². The van der Waals surface area contributed by atoms with Crippen molar-refractivity contribution in [1.29, 1.82) is 5.41 Å². The number of nitrogens with two attached hydrogens (primary N) is 1. The number of anilines is 1. The maximum atomic E-state index is 14.4. The van der Waals surface area contributed by atoms with E-state index in [-0.39, 0.29) is 12.4 Å². The fourth-order valence-corrected chi connectivity index (χ4v) is 3.22. The highest BCUT2D eigenvalue weighted by Gasteiger charge is 2.52. The van der Waals surface area contributed by atoms with E-state index in [0.29, 0.717) is 13.1 Å². The largest absolute Gasteiger partial charge is 0.390 e. The molecule has 3 rings (SSSR count). The van der Waals surface area contributed by atoms with Crippen LogP contribution in [0.2, 0.25) is 0 Å². The quantitative estimate of drug-likeness (QED) is 0.651. The van der Waals surface area contributed by atoms with Gasteiger partial charge in [0.2, 0.25) is 6.23 Å². The van der Waals surface area contributed by atoms with Crippen LogP contribution in [0.15, 0.2) is 28.3 Å². The van der Waals surface area contributed by atoms with Crippen LogP contribution >= 0.6 is 0 Å². The molecular formula is C15H20F2N6O2. The first-order chi connectivity index (χ1) is 11.8. The molecule has 2 aliphatic heterocycles. The minimum Gasteiger partial charge on any atom is -0.390 e. The third-order valence-electron chi connectivity index (χ3n) is 4.39. The Morgan fingerprint density at radius 3 is 2.92 bits per heavy atom. The van der Waals surface area contributed by atoms with Gasteiger partial charge in [0.1, 0.15) is 5.82 Å². The molecule has 3 heterocycles. The van der Waals surface area contributed by atoms with E-state index in [9.17, 15) is 13.6 Å². The van der Waals surface area contributed by atoms with Gasteiger partial charge in [-0.2, -0.15) is 4.98 Å². The molecule has 0 aliphatic carbocycles. The predicted octanol–water partition coefficient (Wildman–Crippen LogP) is 0.187. The van der Waals surface area contributed by atoms with Crippen LogP contribution in [-0.4, -0.2) is 59.4 Å². The first-order valence-electron chi connectivity index (χ1n) is 7.84. The van der Waals surface area contributed by atoms with Crippen LogP contribution < -0.4 is 16.7 Å². The van der Waals surface area contributed by atoms with E-state index in [1.807, 2.05) is 4.90 Å². The van der Waals surface area contributed by atoms with Gasteiger partial charge >= 0.3 is 5.69 Å². The number of hydrogen-bond acceptors (Lipinski definition) is 7. The Morgan fingerprint density at radius 2 is 2.32 bits per heavy atom. The SMILES string of the molecule is CNC1=C(C=N)CN(C[C@@H]2CC(F)(F)[C@H](n3ccc(N)nc3=O)O2)C1. The van der Waals surface area contributed by atoms with Gasteiger partial charge in [0.05, 0.1) is 6.10 Å². The highest BCUT2D eigenvalue weighted by Crippen LogP contribution is 2.42. The molecule has 1 fully saturated rings. The van der Waals surface area contributed by atoms with Gasteiger partial charge in [-0.1, -0.05) is 0 Å². The van der Waals surface area contributed by atoms with Gasteiger partial charge in [-0.25, -0.2) is 13.6 Å². The third-order valence-corrected chi connectivity index (χ3v) is 4.39. The number of ether oxygens (including phenoxy) is 1. The summed E-state index contributed by atoms with van der Waals surface area (Å²) in [5.74, 6) is -3.21. The summed E-state index contributed by atoms with van der Waals surface area (Å²) in [7, 11) is 1.76. The fourth-order valence-electron chi connectivity index (χ4n) is 3.22. The summed E-state index contributed by atoms with van der Waals surface area (Å²) in [6, 6.07) is 1.29. The zero-order valence-corrected chi connectivity index (χ0v) is 13.7. The molecule has 0 saturated carbocycles. The molecule has 0 aromatic carbocycles. The number of rotatable bonds is 5. The average molecular weight is 354 g/mol. The summed E-state index contributed by atoms with van der Waals surface area (Å²) in [5.41, 5.74) is 6.25. The molecule has 136 valence electrons. The lowest BCUT2D eigenvalue weighted by Gasteiger charge is -2.21. The lowest BCUT2D eigenvalue weighted by molar-refractivity contribution is -0.118. The Morgan fingerprint density at radius 1 is 1.56 bits per heavy atom. The second-order valence-corrected chi connectivity index (χ2v) is 6.19. The molecule has 8 nitrogen and oxygen atoms in total. The Balaban J connectivity index is 1.71. The van der Waals surface area contributed by atoms with E-state index in [1.165, 1.54) is 18.5 Å². The number of nitrogens with zero attached hydrogens (tertiary/aromatic N) is 3. The number of aromatic nitrogens is 2.